The molecule has 0 saturated carbocycles. The van der Waals surface area contributed by atoms with Crippen molar-refractivity contribution in [3.05, 3.63) is 36.2 Å². The van der Waals surface area contributed by atoms with Gasteiger partial charge in [0.25, 0.3) is 0 Å². The molecule has 5 heterocycles. The predicted molar refractivity (Wildman–Crippen MR) is 139 cm³/mol. The molecule has 0 aliphatic carbocycles. The van der Waals surface area contributed by atoms with Gasteiger partial charge in [-0.15, -0.1) is 10.2 Å². The van der Waals surface area contributed by atoms with Crippen LogP contribution in [0.15, 0.2) is 18.7 Å². The number of nitrogens with zero attached hydrogens (tertiary/aromatic N) is 8. The summed E-state index contributed by atoms with van der Waals surface area (Å²) in [5.41, 5.74) is 0.283. The van der Waals surface area contributed by atoms with Gasteiger partial charge in [-0.3, -0.25) is 4.57 Å². The molecule has 40 heavy (non-hydrogen) atoms. The minimum absolute atomic E-state index is 0.103. The molecule has 0 unspecified atom stereocenters. The number of methoxy groups -OCH3 is 2. The second-order valence-electron chi connectivity index (χ2n) is 9.40. The van der Waals surface area contributed by atoms with Crippen molar-refractivity contribution in [2.75, 3.05) is 45.4 Å². The molecule has 3 aromatic heterocycles. The summed E-state index contributed by atoms with van der Waals surface area (Å²) >= 11 is 0. The summed E-state index contributed by atoms with van der Waals surface area (Å²) in [6.07, 6.45) is 4.37. The largest absolute Gasteiger partial charge is 0.479 e. The number of halogens is 1. The number of rotatable bonds is 10. The van der Waals surface area contributed by atoms with Crippen LogP contribution in [-0.4, -0.2) is 95.0 Å². The number of hydrogen-bond donors (Lipinski definition) is 0. The highest BCUT2D eigenvalue weighted by atomic mass is 32.2. The monoisotopic (exact) mass is 578 g/mol. The minimum Gasteiger partial charge on any atom is -0.479 e. The zero-order valence-corrected chi connectivity index (χ0v) is 23.3. The normalized spacial score (nSPS) is 21.5. The van der Waals surface area contributed by atoms with Gasteiger partial charge >= 0.3 is 0 Å². The Balaban J connectivity index is 1.52. The number of piperidine rings is 1. The first-order chi connectivity index (χ1) is 19.3. The highest BCUT2D eigenvalue weighted by molar-refractivity contribution is 7.91. The molecule has 2 aliphatic heterocycles. The Kier molecular flexibility index (Phi) is 8.37. The highest BCUT2D eigenvalue weighted by Crippen LogP contribution is 2.36. The Labute approximate surface area is 230 Å². The van der Waals surface area contributed by atoms with Gasteiger partial charge in [-0.2, -0.15) is 9.97 Å². The summed E-state index contributed by atoms with van der Waals surface area (Å²) in [5, 5.41) is 7.77. The number of ether oxygens (including phenoxy) is 4. The van der Waals surface area contributed by atoms with Crippen LogP contribution >= 0.6 is 0 Å². The van der Waals surface area contributed by atoms with Crippen molar-refractivity contribution in [2.24, 2.45) is 0 Å². The van der Waals surface area contributed by atoms with E-state index in [9.17, 15) is 12.8 Å². The van der Waals surface area contributed by atoms with Gasteiger partial charge in [-0.25, -0.2) is 22.8 Å². The molecular formula is C24H31FN8O6S. The van der Waals surface area contributed by atoms with Crippen LogP contribution in [0.25, 0.3) is 5.69 Å². The van der Waals surface area contributed by atoms with E-state index in [2.05, 4.69) is 30.1 Å². The molecule has 0 radical (unpaired) electrons. The lowest BCUT2D eigenvalue weighted by atomic mass is 10.1. The molecule has 16 heteroatoms. The molecule has 0 bridgehead atoms. The van der Waals surface area contributed by atoms with E-state index in [0.29, 0.717) is 32.0 Å². The molecule has 0 amide bonds. The van der Waals surface area contributed by atoms with E-state index in [1.54, 1.807) is 9.47 Å². The van der Waals surface area contributed by atoms with Crippen molar-refractivity contribution < 1.29 is 31.8 Å². The van der Waals surface area contributed by atoms with Crippen LogP contribution in [0, 0.1) is 5.82 Å². The number of aromatic nitrogens is 7. The molecule has 2 aliphatic rings. The standard InChI is InChI=1S/C24H31FN8O6S/c1-4-38-16-8-17(12-32(11-16)24-26-9-15(25)10-27-24)40(34,35)13-19-30-31-21(18-6-5-7-39-18)33(19)20-22(36-2)28-14-29-23(20)37-3/h9-10,14,16-18H,4-8,11-13H2,1-3H3/t16-,17+,18-/m1/s1. The Bertz CT molecular complexity index is 1390. The maximum atomic E-state index is 14.0. The lowest BCUT2D eigenvalue weighted by molar-refractivity contribution is 0.0531. The van der Waals surface area contributed by atoms with Crippen molar-refractivity contribution in [2.45, 2.75) is 49.4 Å². The molecule has 0 N–H and O–H groups in total. The first-order valence-electron chi connectivity index (χ1n) is 12.9. The van der Waals surface area contributed by atoms with Crippen LogP contribution in [0.2, 0.25) is 0 Å². The summed E-state index contributed by atoms with van der Waals surface area (Å²) in [5.74, 6) is 0.0761. The average molecular weight is 579 g/mol. The van der Waals surface area contributed by atoms with Gasteiger partial charge in [0.1, 0.15) is 18.2 Å². The van der Waals surface area contributed by atoms with Crippen molar-refractivity contribution in [1.82, 2.24) is 34.7 Å². The van der Waals surface area contributed by atoms with Gasteiger partial charge in [-0.1, -0.05) is 0 Å². The summed E-state index contributed by atoms with van der Waals surface area (Å²) in [4.78, 5) is 18.2. The summed E-state index contributed by atoms with van der Waals surface area (Å²) in [6, 6.07) is 0. The van der Waals surface area contributed by atoms with Gasteiger partial charge in [0.05, 0.1) is 38.0 Å². The Morgan fingerprint density at radius 1 is 1.07 bits per heavy atom. The summed E-state index contributed by atoms with van der Waals surface area (Å²) in [6.45, 7) is 3.27. The van der Waals surface area contributed by atoms with Crippen molar-refractivity contribution in [3.8, 4) is 17.4 Å². The highest BCUT2D eigenvalue weighted by Gasteiger charge is 2.39. The molecule has 0 aromatic carbocycles. The van der Waals surface area contributed by atoms with Crippen LogP contribution in [0.4, 0.5) is 10.3 Å². The van der Waals surface area contributed by atoms with E-state index in [1.807, 2.05) is 6.92 Å². The predicted octanol–water partition coefficient (Wildman–Crippen LogP) is 1.45. The molecule has 14 nitrogen and oxygen atoms in total. The Morgan fingerprint density at radius 3 is 2.42 bits per heavy atom. The molecule has 3 atom stereocenters. The van der Waals surface area contributed by atoms with E-state index in [-0.39, 0.29) is 42.2 Å². The van der Waals surface area contributed by atoms with E-state index < -0.39 is 38.9 Å². The van der Waals surface area contributed by atoms with Crippen LogP contribution in [0.5, 0.6) is 11.8 Å². The van der Waals surface area contributed by atoms with E-state index in [1.165, 1.54) is 20.5 Å². The maximum absolute atomic E-state index is 14.0. The second kappa shape index (κ2) is 11.9. The van der Waals surface area contributed by atoms with Gasteiger partial charge in [-0.05, 0) is 26.2 Å². The van der Waals surface area contributed by atoms with Crippen LogP contribution in [-0.2, 0) is 25.1 Å². The van der Waals surface area contributed by atoms with Crippen LogP contribution in [0.3, 0.4) is 0 Å². The third-order valence-electron chi connectivity index (χ3n) is 6.84. The fourth-order valence-electron chi connectivity index (χ4n) is 5.05. The first-order valence-corrected chi connectivity index (χ1v) is 14.6. The molecule has 2 saturated heterocycles. The maximum Gasteiger partial charge on any atom is 0.245 e. The SMILES string of the molecule is CCO[C@@H]1C[C@H](S(=O)(=O)Cc2nnc([C@H]3CCCO3)n2-c2c(OC)ncnc2OC)CN(c2ncc(F)cn2)C1. The fourth-order valence-corrected chi connectivity index (χ4v) is 6.75. The van der Waals surface area contributed by atoms with Crippen molar-refractivity contribution >= 4 is 15.8 Å². The lowest BCUT2D eigenvalue weighted by Crippen LogP contribution is -2.50. The Hall–Kier alpha value is -3.50. The number of sulfone groups is 1. The smallest absolute Gasteiger partial charge is 0.245 e. The van der Waals surface area contributed by atoms with Gasteiger partial charge in [0.2, 0.25) is 17.7 Å². The molecule has 216 valence electrons. The molecule has 2 fully saturated rings. The van der Waals surface area contributed by atoms with E-state index >= 15 is 0 Å². The molecular weight excluding hydrogens is 547 g/mol. The number of hydrogen-bond acceptors (Lipinski definition) is 13. The molecule has 5 rings (SSSR count). The Morgan fingerprint density at radius 2 is 1.80 bits per heavy atom. The first kappa shape index (κ1) is 28.0. The topological polar surface area (TPSA) is 157 Å². The van der Waals surface area contributed by atoms with E-state index in [0.717, 1.165) is 18.8 Å². The van der Waals surface area contributed by atoms with Gasteiger partial charge in [0, 0.05) is 26.3 Å². The summed E-state index contributed by atoms with van der Waals surface area (Å²) in [7, 11) is -0.966. The fraction of sp³-hybridized carbons (Fsp3) is 0.583. The van der Waals surface area contributed by atoms with Crippen molar-refractivity contribution in [1.29, 1.82) is 0 Å². The van der Waals surface area contributed by atoms with Gasteiger partial charge < -0.3 is 23.8 Å². The molecule has 0 spiro atoms. The molecule has 3 aromatic rings. The third-order valence-corrected chi connectivity index (χ3v) is 8.86. The summed E-state index contributed by atoms with van der Waals surface area (Å²) < 4.78 is 65.6. The van der Waals surface area contributed by atoms with Crippen LogP contribution in [0.1, 0.15) is 43.9 Å². The minimum atomic E-state index is -3.85. The second-order valence-corrected chi connectivity index (χ2v) is 11.7. The zero-order chi connectivity index (χ0) is 28.3. The average Bonchev–Trinajstić information content (AvgIpc) is 3.63. The van der Waals surface area contributed by atoms with Crippen molar-refractivity contribution in [3.63, 3.8) is 0 Å². The number of anilines is 1. The third kappa shape index (κ3) is 5.69. The van der Waals surface area contributed by atoms with Gasteiger partial charge in [0.15, 0.2) is 33.0 Å². The zero-order valence-electron chi connectivity index (χ0n) is 22.4. The van der Waals surface area contributed by atoms with Crippen LogP contribution < -0.4 is 14.4 Å². The van der Waals surface area contributed by atoms with E-state index in [4.69, 9.17) is 18.9 Å². The lowest BCUT2D eigenvalue weighted by Gasteiger charge is -2.37. The quantitative estimate of drug-likeness (QED) is 0.341.